The number of nitrogens with zero attached hydrogens (tertiary/aromatic N) is 1. The molecule has 1 aliphatic rings. The molecule has 1 heterocycles. The first-order valence-electron chi connectivity index (χ1n) is 10.9. The van der Waals surface area contributed by atoms with Crippen molar-refractivity contribution in [2.75, 3.05) is 6.56 Å². The highest BCUT2D eigenvalue weighted by Gasteiger charge is 2.59. The van der Waals surface area contributed by atoms with Crippen molar-refractivity contribution in [3.63, 3.8) is 0 Å². The predicted molar refractivity (Wildman–Crippen MR) is 125 cm³/mol. The lowest BCUT2D eigenvalue weighted by molar-refractivity contribution is -0.0194. The van der Waals surface area contributed by atoms with Crippen LogP contribution in [0.15, 0.2) is 16.7 Å². The minimum absolute atomic E-state index is 0.150. The van der Waals surface area contributed by atoms with E-state index in [4.69, 9.17) is 7.17 Å². The van der Waals surface area contributed by atoms with Crippen LogP contribution in [0.2, 0.25) is 18.1 Å². The van der Waals surface area contributed by atoms with E-state index >= 15 is 0 Å². The number of pyridine rings is 1. The van der Waals surface area contributed by atoms with Crippen molar-refractivity contribution in [2.45, 2.75) is 89.7 Å². The summed E-state index contributed by atoms with van der Waals surface area (Å²) in [6, 6.07) is 1.34. The largest absolute Gasteiger partial charge is 0.598 e. The molecule has 166 valence electrons. The molecule has 0 amide bonds. The van der Waals surface area contributed by atoms with Crippen molar-refractivity contribution in [1.82, 2.24) is 9.71 Å². The van der Waals surface area contributed by atoms with Crippen molar-refractivity contribution in [3.8, 4) is 0 Å². The van der Waals surface area contributed by atoms with E-state index in [9.17, 15) is 8.94 Å². The Morgan fingerprint density at radius 1 is 1.34 bits per heavy atom. The zero-order chi connectivity index (χ0) is 24.3. The summed E-state index contributed by atoms with van der Waals surface area (Å²) < 4.78 is 54.8. The fourth-order valence-electron chi connectivity index (χ4n) is 3.14. The number of halogens is 2. The summed E-state index contributed by atoms with van der Waals surface area (Å²) >= 11 is 1.75. The number of hydrogen-bond donors (Lipinski definition) is 1. The van der Waals surface area contributed by atoms with E-state index in [-0.39, 0.29) is 23.6 Å². The minimum atomic E-state index is -2.39. The van der Waals surface area contributed by atoms with Gasteiger partial charge >= 0.3 is 0 Å². The molecule has 1 aliphatic carbocycles. The van der Waals surface area contributed by atoms with E-state index in [1.807, 2.05) is 40.8 Å². The molecule has 1 aromatic rings. The molecule has 29 heavy (non-hydrogen) atoms. The lowest BCUT2D eigenvalue weighted by Gasteiger charge is -2.55. The zero-order valence-corrected chi connectivity index (χ0v) is 22.4. The normalized spacial score (nSPS) is 28.4. The second kappa shape index (κ2) is 8.17. The third kappa shape index (κ3) is 5.63. The van der Waals surface area contributed by atoms with Crippen LogP contribution < -0.4 is 4.72 Å². The van der Waals surface area contributed by atoms with E-state index < -0.39 is 47.8 Å². The highest BCUT2D eigenvalue weighted by atomic mass is 79.9. The molecular formula is C21H36BrFN2O2SSi. The molecule has 1 N–H and O–H groups in total. The Balaban J connectivity index is 2.42. The van der Waals surface area contributed by atoms with E-state index in [2.05, 4.69) is 46.4 Å². The third-order valence-corrected chi connectivity index (χ3v) is 12.2. The molecule has 8 heteroatoms. The molecule has 0 bridgehead atoms. The van der Waals surface area contributed by atoms with Crippen molar-refractivity contribution in [1.29, 1.82) is 0 Å². The second-order valence-electron chi connectivity index (χ2n) is 10.9. The van der Waals surface area contributed by atoms with Crippen molar-refractivity contribution in [2.24, 2.45) is 5.41 Å². The summed E-state index contributed by atoms with van der Waals surface area (Å²) in [6.45, 7) is 15.7. The van der Waals surface area contributed by atoms with Gasteiger partial charge in [0.2, 0.25) is 0 Å². The van der Waals surface area contributed by atoms with Gasteiger partial charge in [0.15, 0.2) is 8.32 Å². The van der Waals surface area contributed by atoms with Crippen LogP contribution in [-0.4, -0.2) is 29.2 Å². The van der Waals surface area contributed by atoms with Gasteiger partial charge in [0.1, 0.15) is 21.8 Å². The number of aromatic nitrogens is 1. The van der Waals surface area contributed by atoms with Crippen molar-refractivity contribution < 1.29 is 16.1 Å². The SMILES string of the molecule is [2H]C([2H])(O[Si](C)(C)C(C)(C)C)C1(C)CC(N[S+]([O-])C(C)(C)C)(c2ncc(Br)cc2F)C1. The van der Waals surface area contributed by atoms with Crippen LogP contribution in [0.1, 0.15) is 69.7 Å². The minimum Gasteiger partial charge on any atom is -0.598 e. The van der Waals surface area contributed by atoms with Gasteiger partial charge in [0.25, 0.3) is 0 Å². The van der Waals surface area contributed by atoms with Gasteiger partial charge in [-0.2, -0.15) is 0 Å². The summed E-state index contributed by atoms with van der Waals surface area (Å²) in [7, 11) is -2.39. The van der Waals surface area contributed by atoms with Gasteiger partial charge in [0.05, 0.1) is 2.74 Å². The van der Waals surface area contributed by atoms with Gasteiger partial charge in [-0.3, -0.25) is 4.98 Å². The predicted octanol–water partition coefficient (Wildman–Crippen LogP) is 6.05. The first-order chi connectivity index (χ1) is 13.7. The maximum Gasteiger partial charge on any atom is 0.192 e. The summed E-state index contributed by atoms with van der Waals surface area (Å²) in [5.41, 5.74) is -1.77. The monoisotopic (exact) mass is 508 g/mol. The molecule has 0 aliphatic heterocycles. The molecule has 1 fully saturated rings. The summed E-state index contributed by atoms with van der Waals surface area (Å²) in [5.74, 6) is -0.513. The second-order valence-corrected chi connectivity index (χ2v) is 18.5. The van der Waals surface area contributed by atoms with Crippen LogP contribution >= 0.6 is 15.9 Å². The fourth-order valence-corrected chi connectivity index (χ4v) is 5.15. The molecule has 1 saturated carbocycles. The van der Waals surface area contributed by atoms with Gasteiger partial charge in [-0.15, -0.1) is 4.72 Å². The lowest BCUT2D eigenvalue weighted by Crippen LogP contribution is -2.63. The number of rotatable bonds is 6. The Kier molecular flexibility index (Phi) is 6.26. The lowest BCUT2D eigenvalue weighted by atomic mass is 9.57. The number of hydrogen-bond acceptors (Lipinski definition) is 4. The topological polar surface area (TPSA) is 57.2 Å². The Morgan fingerprint density at radius 2 is 1.90 bits per heavy atom. The van der Waals surface area contributed by atoms with Crippen LogP contribution in [0.4, 0.5) is 4.39 Å². The average Bonchev–Trinajstić information content (AvgIpc) is 2.49. The molecule has 1 atom stereocenters. The van der Waals surface area contributed by atoms with Crippen molar-refractivity contribution >= 4 is 35.6 Å². The summed E-state index contributed by atoms with van der Waals surface area (Å²) in [5, 5.41) is -0.150. The smallest absolute Gasteiger partial charge is 0.192 e. The highest BCUT2D eigenvalue weighted by molar-refractivity contribution is 9.10. The van der Waals surface area contributed by atoms with Crippen LogP contribution in [0.5, 0.6) is 0 Å². The van der Waals surface area contributed by atoms with Gasteiger partial charge in [-0.05, 0) is 79.2 Å². The van der Waals surface area contributed by atoms with Gasteiger partial charge in [-0.1, -0.05) is 27.7 Å². The summed E-state index contributed by atoms with van der Waals surface area (Å²) in [6.07, 6.45) is 1.95. The molecule has 2 rings (SSSR count). The molecular weight excluding hydrogens is 471 g/mol. The molecule has 4 nitrogen and oxygen atoms in total. The van der Waals surface area contributed by atoms with E-state index in [1.54, 1.807) is 0 Å². The van der Waals surface area contributed by atoms with Crippen LogP contribution in [-0.2, 0) is 21.3 Å². The van der Waals surface area contributed by atoms with E-state index in [0.717, 1.165) is 0 Å². The molecule has 1 unspecified atom stereocenters. The average molecular weight is 510 g/mol. The van der Waals surface area contributed by atoms with Gasteiger partial charge in [-0.25, -0.2) is 4.39 Å². The maximum atomic E-state index is 14.9. The van der Waals surface area contributed by atoms with Gasteiger partial charge in [0, 0.05) is 28.6 Å². The molecule has 0 aromatic carbocycles. The Hall–Kier alpha value is 0.00688. The number of nitrogens with one attached hydrogen (secondary N) is 1. The molecule has 0 radical (unpaired) electrons. The van der Waals surface area contributed by atoms with Crippen LogP contribution in [0.3, 0.4) is 0 Å². The van der Waals surface area contributed by atoms with Crippen LogP contribution in [0, 0.1) is 11.2 Å². The summed E-state index contributed by atoms with van der Waals surface area (Å²) in [4.78, 5) is 4.30. The van der Waals surface area contributed by atoms with E-state index in [1.165, 1.54) is 12.3 Å². The van der Waals surface area contributed by atoms with Gasteiger partial charge < -0.3 is 8.98 Å². The van der Waals surface area contributed by atoms with Crippen molar-refractivity contribution in [3.05, 3.63) is 28.2 Å². The highest BCUT2D eigenvalue weighted by Crippen LogP contribution is 2.55. The third-order valence-electron chi connectivity index (χ3n) is 5.85. The Bertz CT molecular complexity index is 825. The molecule has 0 spiro atoms. The fraction of sp³-hybridized carbons (Fsp3) is 0.762. The van der Waals surface area contributed by atoms with E-state index in [0.29, 0.717) is 4.47 Å². The first kappa shape index (κ1) is 22.2. The Morgan fingerprint density at radius 3 is 2.34 bits per heavy atom. The molecule has 0 saturated heterocycles. The van der Waals surface area contributed by atoms with Crippen LogP contribution in [0.25, 0.3) is 0 Å². The Labute approximate surface area is 191 Å². The molecule has 1 aromatic heterocycles. The zero-order valence-electron chi connectivity index (χ0n) is 21.0. The first-order valence-corrected chi connectivity index (χ1v) is 14.7. The maximum absolute atomic E-state index is 14.9. The quantitative estimate of drug-likeness (QED) is 0.375. The standard InChI is InChI=1S/C21H36BrFN2O2SSi/c1-18(2,3)28(26)25-21(17-16(23)10-15(22)11-24-17)12-20(7,13-21)14-27-29(8,9)19(4,5)6/h10-11,25H,12-14H2,1-9H3/i14D2.